The Morgan fingerprint density at radius 2 is 1.70 bits per heavy atom. The molecule has 37 heavy (non-hydrogen) atoms. The molecule has 7 nitrogen and oxygen atoms in total. The van der Waals surface area contributed by atoms with Crippen molar-refractivity contribution in [1.82, 2.24) is 4.90 Å². The van der Waals surface area contributed by atoms with E-state index < -0.39 is 0 Å². The molecule has 0 radical (unpaired) electrons. The van der Waals surface area contributed by atoms with Crippen LogP contribution >= 0.6 is 0 Å². The first-order valence-corrected chi connectivity index (χ1v) is 12.0. The van der Waals surface area contributed by atoms with Crippen molar-refractivity contribution in [3.05, 3.63) is 119 Å². The van der Waals surface area contributed by atoms with Crippen LogP contribution < -0.4 is 20.1 Å². The summed E-state index contributed by atoms with van der Waals surface area (Å²) >= 11 is 0. The van der Waals surface area contributed by atoms with Gasteiger partial charge in [-0.25, -0.2) is 0 Å². The zero-order valence-electron chi connectivity index (χ0n) is 20.4. The van der Waals surface area contributed by atoms with Crippen LogP contribution in [0.3, 0.4) is 0 Å². The molecule has 186 valence electrons. The smallest absolute Gasteiger partial charge is 0.258 e. The van der Waals surface area contributed by atoms with Gasteiger partial charge in [-0.2, -0.15) is 0 Å². The van der Waals surface area contributed by atoms with Crippen molar-refractivity contribution in [2.24, 2.45) is 0 Å². The lowest BCUT2D eigenvalue weighted by molar-refractivity contribution is -0.105. The van der Waals surface area contributed by atoms with Crippen molar-refractivity contribution >= 4 is 23.7 Å². The number of rotatable bonds is 9. The number of nitrogens with one attached hydrogen (secondary N) is 2. The SMILES string of the molecule is COc1ccc(C2Nc3ccccc3C(=O)N2Cc2ccccc2)cc1COc1ccc(NC=O)cc1. The van der Waals surface area contributed by atoms with Crippen molar-refractivity contribution in [1.29, 1.82) is 0 Å². The Morgan fingerprint density at radius 1 is 0.946 bits per heavy atom. The first kappa shape index (κ1) is 23.9. The maximum atomic E-state index is 13.6. The predicted octanol–water partition coefficient (Wildman–Crippen LogP) is 5.61. The fourth-order valence-electron chi connectivity index (χ4n) is 4.46. The lowest BCUT2D eigenvalue weighted by atomic mass is 10.0. The average Bonchev–Trinajstić information content (AvgIpc) is 2.94. The molecule has 2 N–H and O–H groups in total. The molecule has 1 atom stereocenters. The van der Waals surface area contributed by atoms with E-state index in [0.717, 1.165) is 22.4 Å². The van der Waals surface area contributed by atoms with E-state index >= 15 is 0 Å². The molecule has 0 aliphatic carbocycles. The second kappa shape index (κ2) is 10.9. The molecule has 0 saturated heterocycles. The van der Waals surface area contributed by atoms with Gasteiger partial charge < -0.3 is 25.0 Å². The standard InChI is InChI=1S/C30H27N3O4/c1-36-28-16-11-22(17-23(28)19-37-25-14-12-24(13-15-25)31-20-34)29-32-27-10-6-5-9-26(27)30(35)33(29)18-21-7-3-2-4-8-21/h2-17,20,29,32H,18-19H2,1H3,(H,31,34). The van der Waals surface area contributed by atoms with Gasteiger partial charge in [0.05, 0.1) is 12.7 Å². The molecule has 4 aromatic rings. The zero-order chi connectivity index (χ0) is 25.6. The molecule has 0 spiro atoms. The number of nitrogens with zero attached hydrogens (tertiary/aromatic N) is 1. The molecule has 0 aromatic heterocycles. The number of methoxy groups -OCH3 is 1. The van der Waals surface area contributed by atoms with Crippen molar-refractivity contribution < 1.29 is 19.1 Å². The Labute approximate surface area is 215 Å². The van der Waals surface area contributed by atoms with Crippen molar-refractivity contribution in [2.75, 3.05) is 17.7 Å². The number of carbonyl (C=O) groups is 2. The number of ether oxygens (including phenoxy) is 2. The van der Waals surface area contributed by atoms with Crippen LogP contribution in [0.4, 0.5) is 11.4 Å². The molecule has 1 heterocycles. The molecule has 0 bridgehead atoms. The third-order valence-electron chi connectivity index (χ3n) is 6.31. The van der Waals surface area contributed by atoms with Crippen LogP contribution in [0.15, 0.2) is 97.1 Å². The Hall–Kier alpha value is -4.78. The Kier molecular flexibility index (Phi) is 7.03. The maximum absolute atomic E-state index is 13.6. The summed E-state index contributed by atoms with van der Waals surface area (Å²) in [5.41, 5.74) is 4.96. The highest BCUT2D eigenvalue weighted by atomic mass is 16.5. The van der Waals surface area contributed by atoms with Gasteiger partial charge in [-0.05, 0) is 59.7 Å². The number of amides is 2. The summed E-state index contributed by atoms with van der Waals surface area (Å²) in [6, 6.07) is 30.6. The predicted molar refractivity (Wildman–Crippen MR) is 143 cm³/mol. The number of fused-ring (bicyclic) bond motifs is 1. The van der Waals surface area contributed by atoms with Gasteiger partial charge in [0.15, 0.2) is 0 Å². The lowest BCUT2D eigenvalue weighted by Gasteiger charge is -2.38. The summed E-state index contributed by atoms with van der Waals surface area (Å²) in [6.45, 7) is 0.734. The molecule has 2 amide bonds. The van der Waals surface area contributed by atoms with Gasteiger partial charge in [0.25, 0.3) is 5.91 Å². The Bertz CT molecular complexity index is 1390. The zero-order valence-corrected chi connectivity index (χ0v) is 20.4. The summed E-state index contributed by atoms with van der Waals surface area (Å²) in [5.74, 6) is 1.33. The Morgan fingerprint density at radius 3 is 2.46 bits per heavy atom. The van der Waals surface area contributed by atoms with Gasteiger partial charge in [-0.15, -0.1) is 0 Å². The van der Waals surface area contributed by atoms with Gasteiger partial charge in [-0.3, -0.25) is 9.59 Å². The highest BCUT2D eigenvalue weighted by molar-refractivity contribution is 6.01. The number of hydrogen-bond acceptors (Lipinski definition) is 5. The normalized spacial score (nSPS) is 14.4. The molecule has 1 aliphatic heterocycles. The molecular formula is C30H27N3O4. The minimum Gasteiger partial charge on any atom is -0.496 e. The summed E-state index contributed by atoms with van der Waals surface area (Å²) in [7, 11) is 1.62. The highest BCUT2D eigenvalue weighted by Crippen LogP contribution is 2.36. The average molecular weight is 494 g/mol. The number of anilines is 2. The van der Waals surface area contributed by atoms with Crippen molar-refractivity contribution in [3.63, 3.8) is 0 Å². The van der Waals surface area contributed by atoms with Crippen LogP contribution in [0.5, 0.6) is 11.5 Å². The van der Waals surface area contributed by atoms with Crippen molar-refractivity contribution in [2.45, 2.75) is 19.3 Å². The van der Waals surface area contributed by atoms with E-state index in [1.165, 1.54) is 0 Å². The monoisotopic (exact) mass is 493 g/mol. The van der Waals surface area contributed by atoms with Gasteiger partial charge in [0.1, 0.15) is 24.3 Å². The molecule has 1 aliphatic rings. The quantitative estimate of drug-likeness (QED) is 0.296. The molecule has 5 rings (SSSR count). The first-order chi connectivity index (χ1) is 18.2. The van der Waals surface area contributed by atoms with Crippen LogP contribution in [0.25, 0.3) is 0 Å². The van der Waals surface area contributed by atoms with E-state index in [2.05, 4.69) is 10.6 Å². The summed E-state index contributed by atoms with van der Waals surface area (Å²) in [4.78, 5) is 26.1. The summed E-state index contributed by atoms with van der Waals surface area (Å²) in [5, 5.41) is 6.17. The highest BCUT2D eigenvalue weighted by Gasteiger charge is 2.33. The van der Waals surface area contributed by atoms with E-state index in [1.807, 2.05) is 77.7 Å². The van der Waals surface area contributed by atoms with Gasteiger partial charge in [0, 0.05) is 23.5 Å². The number of para-hydroxylation sites is 1. The van der Waals surface area contributed by atoms with E-state index in [1.54, 1.807) is 31.4 Å². The van der Waals surface area contributed by atoms with Crippen molar-refractivity contribution in [3.8, 4) is 11.5 Å². The molecule has 1 unspecified atom stereocenters. The van der Waals surface area contributed by atoms with Gasteiger partial charge in [-0.1, -0.05) is 48.5 Å². The number of carbonyl (C=O) groups excluding carboxylic acids is 2. The molecule has 0 fully saturated rings. The number of benzene rings is 4. The van der Waals surface area contributed by atoms with Crippen LogP contribution in [-0.4, -0.2) is 24.3 Å². The van der Waals surface area contributed by atoms with Crippen LogP contribution in [-0.2, 0) is 17.9 Å². The maximum Gasteiger partial charge on any atom is 0.258 e. The molecular weight excluding hydrogens is 466 g/mol. The molecule has 7 heteroatoms. The van der Waals surface area contributed by atoms with Crippen LogP contribution in [0.2, 0.25) is 0 Å². The third-order valence-corrected chi connectivity index (χ3v) is 6.31. The fourth-order valence-corrected chi connectivity index (χ4v) is 4.46. The van der Waals surface area contributed by atoms with E-state index in [0.29, 0.717) is 35.7 Å². The van der Waals surface area contributed by atoms with Crippen LogP contribution in [0, 0.1) is 0 Å². The summed E-state index contributed by atoms with van der Waals surface area (Å²) < 4.78 is 11.6. The molecule has 4 aromatic carbocycles. The largest absolute Gasteiger partial charge is 0.496 e. The molecule has 0 saturated carbocycles. The van der Waals surface area contributed by atoms with Gasteiger partial charge >= 0.3 is 0 Å². The van der Waals surface area contributed by atoms with Crippen LogP contribution in [0.1, 0.15) is 33.2 Å². The van der Waals surface area contributed by atoms with E-state index in [-0.39, 0.29) is 18.7 Å². The Balaban J connectivity index is 1.44. The fraction of sp³-hybridized carbons (Fsp3) is 0.133. The topological polar surface area (TPSA) is 79.9 Å². The lowest BCUT2D eigenvalue weighted by Crippen LogP contribution is -2.42. The van der Waals surface area contributed by atoms with E-state index in [4.69, 9.17) is 9.47 Å². The third kappa shape index (κ3) is 5.26. The second-order valence-electron chi connectivity index (χ2n) is 8.66. The van der Waals surface area contributed by atoms with Gasteiger partial charge in [0.2, 0.25) is 6.41 Å². The minimum atomic E-state index is -0.374. The van der Waals surface area contributed by atoms with E-state index in [9.17, 15) is 9.59 Å². The second-order valence-corrected chi connectivity index (χ2v) is 8.66. The first-order valence-electron chi connectivity index (χ1n) is 12.0. The summed E-state index contributed by atoms with van der Waals surface area (Å²) in [6.07, 6.45) is 0.261. The number of hydrogen-bond donors (Lipinski definition) is 2. The minimum absolute atomic E-state index is 0.0270.